The minimum atomic E-state index is -0.917. The fraction of sp³-hybridized carbons (Fsp3) is 0.579. The van der Waals surface area contributed by atoms with Crippen LogP contribution in [0.25, 0.3) is 0 Å². The largest absolute Gasteiger partial charge is 0.496 e. The van der Waals surface area contributed by atoms with Gasteiger partial charge in [0.25, 0.3) is 0 Å². The van der Waals surface area contributed by atoms with Crippen LogP contribution < -0.4 is 15.8 Å². The van der Waals surface area contributed by atoms with E-state index in [4.69, 9.17) is 19.9 Å². The van der Waals surface area contributed by atoms with Crippen molar-refractivity contribution in [3.05, 3.63) is 23.8 Å². The van der Waals surface area contributed by atoms with E-state index in [1.807, 2.05) is 13.8 Å². The molecule has 146 valence electrons. The number of anilines is 1. The maximum absolute atomic E-state index is 12.5. The zero-order valence-electron chi connectivity index (χ0n) is 16.4. The van der Waals surface area contributed by atoms with E-state index in [1.165, 1.54) is 7.11 Å². The number of hydrogen-bond donors (Lipinski definition) is 2. The van der Waals surface area contributed by atoms with Crippen LogP contribution in [-0.2, 0) is 20.7 Å². The summed E-state index contributed by atoms with van der Waals surface area (Å²) in [6.45, 7) is 9.38. The number of alkyl carbamates (subject to hydrolysis) is 1. The van der Waals surface area contributed by atoms with Gasteiger partial charge in [-0.3, -0.25) is 0 Å². The molecule has 1 aromatic rings. The molecule has 1 atom stereocenters. The van der Waals surface area contributed by atoms with Crippen LogP contribution in [0.3, 0.4) is 0 Å². The first-order chi connectivity index (χ1) is 12.0. The van der Waals surface area contributed by atoms with Gasteiger partial charge in [0.05, 0.1) is 13.7 Å². The zero-order chi connectivity index (χ0) is 19.9. The van der Waals surface area contributed by atoms with Gasteiger partial charge in [0.15, 0.2) is 0 Å². The maximum atomic E-state index is 12.5. The number of rotatable bonds is 7. The molecular formula is C19H30N2O5. The Hall–Kier alpha value is -2.44. The van der Waals surface area contributed by atoms with Gasteiger partial charge in [-0.1, -0.05) is 13.8 Å². The Balaban J connectivity index is 2.98. The third-order valence-corrected chi connectivity index (χ3v) is 3.26. The molecule has 0 aliphatic rings. The molecule has 0 unspecified atom stereocenters. The van der Waals surface area contributed by atoms with Gasteiger partial charge in [0.2, 0.25) is 0 Å². The van der Waals surface area contributed by atoms with E-state index in [2.05, 4.69) is 5.32 Å². The Labute approximate surface area is 155 Å². The second-order valence-corrected chi connectivity index (χ2v) is 7.50. The van der Waals surface area contributed by atoms with E-state index >= 15 is 0 Å². The summed E-state index contributed by atoms with van der Waals surface area (Å²) < 4.78 is 15.9. The van der Waals surface area contributed by atoms with E-state index in [0.717, 1.165) is 0 Å². The average molecular weight is 366 g/mol. The van der Waals surface area contributed by atoms with Gasteiger partial charge < -0.3 is 25.3 Å². The molecule has 1 rings (SSSR count). The second kappa shape index (κ2) is 9.31. The number of ether oxygens (including phenoxy) is 3. The number of nitrogens with two attached hydrogens (primary N) is 1. The monoisotopic (exact) mass is 366 g/mol. The lowest BCUT2D eigenvalue weighted by Gasteiger charge is -2.23. The average Bonchev–Trinajstić information content (AvgIpc) is 2.50. The van der Waals surface area contributed by atoms with Crippen molar-refractivity contribution in [3.8, 4) is 5.75 Å². The predicted octanol–water partition coefficient (Wildman–Crippen LogP) is 2.91. The number of amides is 1. The Bertz CT molecular complexity index is 623. The number of carbonyl (C=O) groups excluding carboxylic acids is 2. The fourth-order valence-electron chi connectivity index (χ4n) is 2.17. The van der Waals surface area contributed by atoms with Crippen LogP contribution in [-0.4, -0.2) is 37.4 Å². The molecule has 1 aromatic carbocycles. The highest BCUT2D eigenvalue weighted by Gasteiger charge is 2.27. The summed E-state index contributed by atoms with van der Waals surface area (Å²) in [5.74, 6) is 0.226. The first-order valence-corrected chi connectivity index (χ1v) is 8.60. The molecule has 0 fully saturated rings. The zero-order valence-corrected chi connectivity index (χ0v) is 16.4. The van der Waals surface area contributed by atoms with Crippen LogP contribution in [0, 0.1) is 5.92 Å². The molecule has 0 spiro atoms. The van der Waals surface area contributed by atoms with Crippen molar-refractivity contribution >= 4 is 17.7 Å². The van der Waals surface area contributed by atoms with Gasteiger partial charge in [-0.15, -0.1) is 0 Å². The number of nitrogens with one attached hydrogen (secondary N) is 1. The number of hydrogen-bond acceptors (Lipinski definition) is 6. The summed E-state index contributed by atoms with van der Waals surface area (Å²) in [6.07, 6.45) is -0.517. The predicted molar refractivity (Wildman–Crippen MR) is 100 cm³/mol. The molecule has 26 heavy (non-hydrogen) atoms. The number of methoxy groups -OCH3 is 1. The molecule has 0 bridgehead atoms. The summed E-state index contributed by atoms with van der Waals surface area (Å²) >= 11 is 0. The first kappa shape index (κ1) is 21.6. The van der Waals surface area contributed by atoms with Crippen LogP contribution in [0.1, 0.15) is 40.2 Å². The molecule has 3 N–H and O–H groups in total. The van der Waals surface area contributed by atoms with Crippen LogP contribution in [0.15, 0.2) is 18.2 Å². The van der Waals surface area contributed by atoms with Crippen LogP contribution in [0.2, 0.25) is 0 Å². The van der Waals surface area contributed by atoms with Gasteiger partial charge in [-0.25, -0.2) is 9.59 Å². The van der Waals surface area contributed by atoms with E-state index in [9.17, 15) is 9.59 Å². The van der Waals surface area contributed by atoms with Crippen LogP contribution in [0.5, 0.6) is 5.75 Å². The molecule has 0 saturated heterocycles. The quantitative estimate of drug-likeness (QED) is 0.568. The SMILES string of the molecule is COc1ccc(N)cc1C[C@H](NC(=O)OC(C)(C)C)C(=O)OCC(C)C. The maximum Gasteiger partial charge on any atom is 0.408 e. The molecule has 0 saturated carbocycles. The van der Waals surface area contributed by atoms with Crippen molar-refractivity contribution in [1.82, 2.24) is 5.32 Å². The van der Waals surface area contributed by atoms with E-state index in [-0.39, 0.29) is 18.9 Å². The van der Waals surface area contributed by atoms with Crippen molar-refractivity contribution < 1.29 is 23.8 Å². The van der Waals surface area contributed by atoms with Crippen molar-refractivity contribution in [3.63, 3.8) is 0 Å². The number of carbonyl (C=O) groups is 2. The van der Waals surface area contributed by atoms with Crippen LogP contribution in [0.4, 0.5) is 10.5 Å². The lowest BCUT2D eigenvalue weighted by molar-refractivity contribution is -0.147. The highest BCUT2D eigenvalue weighted by Crippen LogP contribution is 2.23. The first-order valence-electron chi connectivity index (χ1n) is 8.60. The van der Waals surface area contributed by atoms with Crippen molar-refractivity contribution in [1.29, 1.82) is 0 Å². The standard InChI is InChI=1S/C19H30N2O5/c1-12(2)11-25-17(22)15(21-18(23)26-19(3,4)5)10-13-9-14(20)7-8-16(13)24-6/h7-9,12,15H,10-11,20H2,1-6H3,(H,21,23)/t15-/m0/s1. The molecule has 7 heteroatoms. The third kappa shape index (κ3) is 7.63. The summed E-state index contributed by atoms with van der Waals surface area (Å²) in [5, 5.41) is 2.58. The van der Waals surface area contributed by atoms with Gasteiger partial charge in [-0.2, -0.15) is 0 Å². The topological polar surface area (TPSA) is 99.9 Å². The number of benzene rings is 1. The molecular weight excluding hydrogens is 336 g/mol. The summed E-state index contributed by atoms with van der Waals surface area (Å²) in [6, 6.07) is 4.21. The van der Waals surface area contributed by atoms with Gasteiger partial charge in [-0.05, 0) is 50.5 Å². The molecule has 7 nitrogen and oxygen atoms in total. The molecule has 0 aliphatic heterocycles. The Morgan fingerprint density at radius 1 is 1.23 bits per heavy atom. The molecule has 0 radical (unpaired) electrons. The lowest BCUT2D eigenvalue weighted by atomic mass is 10.0. The molecule has 0 aromatic heterocycles. The summed E-state index contributed by atoms with van der Waals surface area (Å²) in [4.78, 5) is 24.6. The second-order valence-electron chi connectivity index (χ2n) is 7.50. The Morgan fingerprint density at radius 2 is 1.88 bits per heavy atom. The van der Waals surface area contributed by atoms with Gasteiger partial charge in [0, 0.05) is 12.1 Å². The van der Waals surface area contributed by atoms with E-state index < -0.39 is 23.7 Å². The molecule has 0 heterocycles. The number of nitrogen functional groups attached to an aromatic ring is 1. The van der Waals surface area contributed by atoms with Crippen molar-refractivity contribution in [2.75, 3.05) is 19.5 Å². The molecule has 0 aliphatic carbocycles. The third-order valence-electron chi connectivity index (χ3n) is 3.26. The summed E-state index contributed by atoms with van der Waals surface area (Å²) in [7, 11) is 1.53. The fourth-order valence-corrected chi connectivity index (χ4v) is 2.17. The lowest BCUT2D eigenvalue weighted by Crippen LogP contribution is -2.45. The van der Waals surface area contributed by atoms with Gasteiger partial charge in [0.1, 0.15) is 17.4 Å². The van der Waals surface area contributed by atoms with Gasteiger partial charge >= 0.3 is 12.1 Å². The van der Waals surface area contributed by atoms with E-state index in [0.29, 0.717) is 17.0 Å². The highest BCUT2D eigenvalue weighted by atomic mass is 16.6. The minimum absolute atomic E-state index is 0.171. The van der Waals surface area contributed by atoms with Crippen molar-refractivity contribution in [2.45, 2.75) is 52.7 Å². The van der Waals surface area contributed by atoms with Crippen LogP contribution >= 0.6 is 0 Å². The van der Waals surface area contributed by atoms with Crippen molar-refractivity contribution in [2.24, 2.45) is 5.92 Å². The Morgan fingerprint density at radius 3 is 2.42 bits per heavy atom. The van der Waals surface area contributed by atoms with E-state index in [1.54, 1.807) is 39.0 Å². The smallest absolute Gasteiger partial charge is 0.408 e. The highest BCUT2D eigenvalue weighted by molar-refractivity contribution is 5.82. The summed E-state index contributed by atoms with van der Waals surface area (Å²) in [5.41, 5.74) is 6.38. The minimum Gasteiger partial charge on any atom is -0.496 e. The number of esters is 1. The normalized spacial score (nSPS) is 12.4. The molecule has 1 amide bonds. The Kier molecular flexibility index (Phi) is 7.74.